The SMILES string of the molecule is CC1Oc2c(Cl)cc(Cl)c(Cl)c2C1=O. The van der Waals surface area contributed by atoms with Gasteiger partial charge >= 0.3 is 0 Å². The largest absolute Gasteiger partial charge is 0.480 e. The number of carbonyl (C=O) groups excluding carboxylic acids is 1. The van der Waals surface area contributed by atoms with Crippen LogP contribution < -0.4 is 4.74 Å². The summed E-state index contributed by atoms with van der Waals surface area (Å²) < 4.78 is 5.26. The van der Waals surface area contributed by atoms with Gasteiger partial charge in [0.2, 0.25) is 5.78 Å². The van der Waals surface area contributed by atoms with Gasteiger partial charge in [0.15, 0.2) is 11.9 Å². The maximum atomic E-state index is 11.6. The molecule has 0 bridgehead atoms. The lowest BCUT2D eigenvalue weighted by Crippen LogP contribution is -2.14. The number of carbonyl (C=O) groups is 1. The monoisotopic (exact) mass is 250 g/mol. The molecule has 74 valence electrons. The van der Waals surface area contributed by atoms with Gasteiger partial charge in [0.1, 0.15) is 0 Å². The van der Waals surface area contributed by atoms with Crippen LogP contribution in [0.15, 0.2) is 6.07 Å². The first-order chi connectivity index (χ1) is 6.52. The third kappa shape index (κ3) is 1.29. The summed E-state index contributed by atoms with van der Waals surface area (Å²) in [7, 11) is 0. The van der Waals surface area contributed by atoms with Crippen molar-refractivity contribution in [3.63, 3.8) is 0 Å². The van der Waals surface area contributed by atoms with E-state index in [1.54, 1.807) is 6.92 Å². The van der Waals surface area contributed by atoms with E-state index in [4.69, 9.17) is 39.5 Å². The molecule has 0 aliphatic carbocycles. The van der Waals surface area contributed by atoms with Crippen molar-refractivity contribution in [1.29, 1.82) is 0 Å². The van der Waals surface area contributed by atoms with Gasteiger partial charge in [0, 0.05) is 0 Å². The lowest BCUT2D eigenvalue weighted by Gasteiger charge is -2.04. The average molecular weight is 251 g/mol. The van der Waals surface area contributed by atoms with Crippen LogP contribution in [0.5, 0.6) is 5.75 Å². The number of halogens is 3. The van der Waals surface area contributed by atoms with Crippen LogP contribution in [0, 0.1) is 0 Å². The van der Waals surface area contributed by atoms with E-state index in [0.29, 0.717) is 10.8 Å². The molecule has 1 aromatic rings. The zero-order valence-electron chi connectivity index (χ0n) is 7.11. The molecule has 0 saturated carbocycles. The molecule has 1 heterocycles. The van der Waals surface area contributed by atoms with Gasteiger partial charge in [-0.05, 0) is 13.0 Å². The summed E-state index contributed by atoms with van der Waals surface area (Å²) in [6, 6.07) is 1.47. The molecule has 1 aliphatic rings. The van der Waals surface area contributed by atoms with Crippen molar-refractivity contribution >= 4 is 40.6 Å². The van der Waals surface area contributed by atoms with Crippen molar-refractivity contribution in [3.05, 3.63) is 26.7 Å². The molecule has 0 saturated heterocycles. The Kier molecular flexibility index (Phi) is 2.38. The van der Waals surface area contributed by atoms with Gasteiger partial charge in [0.25, 0.3) is 0 Å². The van der Waals surface area contributed by atoms with Crippen LogP contribution in [0.25, 0.3) is 0 Å². The molecule has 1 atom stereocenters. The minimum atomic E-state index is -0.543. The predicted molar refractivity (Wildman–Crippen MR) is 55.9 cm³/mol. The van der Waals surface area contributed by atoms with Crippen LogP contribution in [0.3, 0.4) is 0 Å². The van der Waals surface area contributed by atoms with Gasteiger partial charge < -0.3 is 4.74 Å². The van der Waals surface area contributed by atoms with Gasteiger partial charge in [0.05, 0.1) is 20.6 Å². The van der Waals surface area contributed by atoms with Gasteiger partial charge in [-0.1, -0.05) is 34.8 Å². The Morgan fingerprint density at radius 2 is 1.93 bits per heavy atom. The molecule has 0 amide bonds. The summed E-state index contributed by atoms with van der Waals surface area (Å²) in [5.41, 5.74) is 0.289. The average Bonchev–Trinajstić information content (AvgIpc) is 2.41. The fourth-order valence-corrected chi connectivity index (χ4v) is 2.09. The molecular formula is C9H5Cl3O2. The van der Waals surface area contributed by atoms with Crippen LogP contribution in [-0.4, -0.2) is 11.9 Å². The van der Waals surface area contributed by atoms with Crippen LogP contribution in [-0.2, 0) is 0 Å². The molecule has 0 radical (unpaired) electrons. The van der Waals surface area contributed by atoms with E-state index in [-0.39, 0.29) is 21.4 Å². The maximum absolute atomic E-state index is 11.6. The molecule has 0 spiro atoms. The first-order valence-corrected chi connectivity index (χ1v) is 5.04. The second kappa shape index (κ2) is 3.30. The number of hydrogen-bond acceptors (Lipinski definition) is 2. The zero-order valence-corrected chi connectivity index (χ0v) is 9.37. The Hall–Kier alpha value is -0.440. The summed E-state index contributed by atoms with van der Waals surface area (Å²) >= 11 is 17.5. The number of rotatable bonds is 0. The minimum absolute atomic E-state index is 0.186. The fourth-order valence-electron chi connectivity index (χ4n) is 1.35. The summed E-state index contributed by atoms with van der Waals surface area (Å²) in [6.07, 6.45) is -0.543. The van der Waals surface area contributed by atoms with Crippen LogP contribution in [0.4, 0.5) is 0 Å². The number of ether oxygens (including phenoxy) is 1. The maximum Gasteiger partial charge on any atom is 0.208 e. The molecule has 14 heavy (non-hydrogen) atoms. The highest BCUT2D eigenvalue weighted by Crippen LogP contribution is 2.43. The Balaban J connectivity index is 2.74. The first-order valence-electron chi connectivity index (χ1n) is 3.90. The van der Waals surface area contributed by atoms with Crippen LogP contribution in [0.2, 0.25) is 15.1 Å². The van der Waals surface area contributed by atoms with Crippen molar-refractivity contribution in [1.82, 2.24) is 0 Å². The van der Waals surface area contributed by atoms with E-state index in [0.717, 1.165) is 0 Å². The standard InChI is InChI=1S/C9H5Cl3O2/c1-3-8(13)6-7(12)4(10)2-5(11)9(6)14-3/h2-3H,1H3. The van der Waals surface area contributed by atoms with Crippen LogP contribution >= 0.6 is 34.8 Å². The Morgan fingerprint density at radius 1 is 1.29 bits per heavy atom. The number of hydrogen-bond donors (Lipinski definition) is 0. The van der Waals surface area contributed by atoms with E-state index in [1.807, 2.05) is 0 Å². The molecule has 0 fully saturated rings. The van der Waals surface area contributed by atoms with Crippen molar-refractivity contribution < 1.29 is 9.53 Å². The summed E-state index contributed by atoms with van der Waals surface area (Å²) in [4.78, 5) is 11.6. The predicted octanol–water partition coefficient (Wildman–Crippen LogP) is 3.61. The van der Waals surface area contributed by atoms with E-state index in [9.17, 15) is 4.79 Å². The zero-order chi connectivity index (χ0) is 10.5. The molecule has 0 aromatic heterocycles. The lowest BCUT2D eigenvalue weighted by atomic mass is 10.1. The topological polar surface area (TPSA) is 26.3 Å². The number of ketones is 1. The highest BCUT2D eigenvalue weighted by Gasteiger charge is 2.34. The van der Waals surface area contributed by atoms with Gasteiger partial charge in [-0.15, -0.1) is 0 Å². The quantitative estimate of drug-likeness (QED) is 0.658. The molecule has 2 nitrogen and oxygen atoms in total. The molecule has 1 aromatic carbocycles. The second-order valence-electron chi connectivity index (χ2n) is 2.98. The molecule has 0 N–H and O–H groups in total. The van der Waals surface area contributed by atoms with Crippen molar-refractivity contribution in [2.75, 3.05) is 0 Å². The molecular weight excluding hydrogens is 246 g/mol. The van der Waals surface area contributed by atoms with Gasteiger partial charge in [-0.25, -0.2) is 0 Å². The summed E-state index contributed by atoms with van der Waals surface area (Å²) in [5.74, 6) is 0.146. The summed E-state index contributed by atoms with van der Waals surface area (Å²) in [6.45, 7) is 1.64. The van der Waals surface area contributed by atoms with Crippen LogP contribution in [0.1, 0.15) is 17.3 Å². The third-order valence-electron chi connectivity index (χ3n) is 2.04. The van der Waals surface area contributed by atoms with E-state index in [2.05, 4.69) is 0 Å². The first kappa shape index (κ1) is 10.1. The molecule has 5 heteroatoms. The van der Waals surface area contributed by atoms with Crippen molar-refractivity contribution in [3.8, 4) is 5.75 Å². The van der Waals surface area contributed by atoms with Gasteiger partial charge in [-0.2, -0.15) is 0 Å². The Morgan fingerprint density at radius 3 is 2.57 bits per heavy atom. The molecule has 1 aliphatic heterocycles. The van der Waals surface area contributed by atoms with E-state index < -0.39 is 6.10 Å². The number of Topliss-reactive ketones (excluding diaryl/α,β-unsaturated/α-hetero) is 1. The normalized spacial score (nSPS) is 19.4. The minimum Gasteiger partial charge on any atom is -0.480 e. The van der Waals surface area contributed by atoms with Gasteiger partial charge in [-0.3, -0.25) is 4.79 Å². The highest BCUT2D eigenvalue weighted by atomic mass is 35.5. The number of benzene rings is 1. The second-order valence-corrected chi connectivity index (χ2v) is 4.18. The fraction of sp³-hybridized carbons (Fsp3) is 0.222. The highest BCUT2D eigenvalue weighted by molar-refractivity contribution is 6.46. The van der Waals surface area contributed by atoms with Crippen molar-refractivity contribution in [2.45, 2.75) is 13.0 Å². The number of fused-ring (bicyclic) bond motifs is 1. The smallest absolute Gasteiger partial charge is 0.208 e. The van der Waals surface area contributed by atoms with E-state index in [1.165, 1.54) is 6.07 Å². The van der Waals surface area contributed by atoms with E-state index >= 15 is 0 Å². The summed E-state index contributed by atoms with van der Waals surface area (Å²) in [5, 5.41) is 0.786. The van der Waals surface area contributed by atoms with Crippen molar-refractivity contribution in [2.24, 2.45) is 0 Å². The molecule has 1 unspecified atom stereocenters. The lowest BCUT2D eigenvalue weighted by molar-refractivity contribution is 0.0879. The Labute approximate surface area is 95.7 Å². The third-order valence-corrected chi connectivity index (χ3v) is 3.11. The Bertz CT molecular complexity index is 429. The molecule has 2 rings (SSSR count).